The van der Waals surface area contributed by atoms with Gasteiger partial charge in [0.2, 0.25) is 5.91 Å². The zero-order valence-electron chi connectivity index (χ0n) is 5.40. The van der Waals surface area contributed by atoms with Gasteiger partial charge in [-0.3, -0.25) is 4.79 Å². The molecular formula is C6H10N2O. The van der Waals surface area contributed by atoms with Crippen molar-refractivity contribution in [1.29, 1.82) is 0 Å². The standard InChI is InChI=1S/C6H10N2O/c1-3-4-8-6(9)5-7-2/h1,7H,4-5H2,2H3,(H,8,9). The number of nitrogens with one attached hydrogen (secondary N) is 2. The van der Waals surface area contributed by atoms with Crippen LogP contribution in [-0.2, 0) is 4.79 Å². The number of carbonyl (C=O) groups is 1. The van der Waals surface area contributed by atoms with E-state index in [0.717, 1.165) is 0 Å². The SMILES string of the molecule is C#CCNC(=O)CNC. The van der Waals surface area contributed by atoms with E-state index in [-0.39, 0.29) is 5.91 Å². The Labute approximate surface area is 54.8 Å². The summed E-state index contributed by atoms with van der Waals surface area (Å²) in [6.07, 6.45) is 4.89. The number of rotatable bonds is 3. The molecule has 0 saturated heterocycles. The second-order valence-corrected chi connectivity index (χ2v) is 1.51. The van der Waals surface area contributed by atoms with Gasteiger partial charge in [-0.15, -0.1) is 6.42 Å². The van der Waals surface area contributed by atoms with Crippen molar-refractivity contribution in [3.8, 4) is 12.3 Å². The fourth-order valence-electron chi connectivity index (χ4n) is 0.373. The Morgan fingerprint density at radius 2 is 2.44 bits per heavy atom. The van der Waals surface area contributed by atoms with Gasteiger partial charge in [-0.25, -0.2) is 0 Å². The maximum Gasteiger partial charge on any atom is 0.234 e. The smallest absolute Gasteiger partial charge is 0.234 e. The van der Waals surface area contributed by atoms with Crippen molar-refractivity contribution >= 4 is 5.91 Å². The molecule has 0 radical (unpaired) electrons. The second-order valence-electron chi connectivity index (χ2n) is 1.51. The van der Waals surface area contributed by atoms with E-state index in [4.69, 9.17) is 6.42 Å². The lowest BCUT2D eigenvalue weighted by molar-refractivity contribution is -0.119. The van der Waals surface area contributed by atoms with Gasteiger partial charge in [-0.05, 0) is 7.05 Å². The summed E-state index contributed by atoms with van der Waals surface area (Å²) in [6.45, 7) is 0.627. The first-order valence-electron chi connectivity index (χ1n) is 2.66. The van der Waals surface area contributed by atoms with E-state index >= 15 is 0 Å². The van der Waals surface area contributed by atoms with Crippen molar-refractivity contribution in [2.75, 3.05) is 20.1 Å². The van der Waals surface area contributed by atoms with Crippen molar-refractivity contribution in [1.82, 2.24) is 10.6 Å². The Balaban J connectivity index is 3.19. The number of hydrogen-bond acceptors (Lipinski definition) is 2. The van der Waals surface area contributed by atoms with Crippen LogP contribution in [0.15, 0.2) is 0 Å². The van der Waals surface area contributed by atoms with Gasteiger partial charge < -0.3 is 10.6 Å². The van der Waals surface area contributed by atoms with Crippen LogP contribution in [0.5, 0.6) is 0 Å². The van der Waals surface area contributed by atoms with Crippen LogP contribution in [0.3, 0.4) is 0 Å². The van der Waals surface area contributed by atoms with Crippen LogP contribution in [0, 0.1) is 12.3 Å². The molecule has 3 heteroatoms. The molecule has 0 rings (SSSR count). The summed E-state index contributed by atoms with van der Waals surface area (Å²) in [5.74, 6) is 2.22. The highest BCUT2D eigenvalue weighted by atomic mass is 16.1. The first kappa shape index (κ1) is 7.99. The Bertz CT molecular complexity index is 126. The van der Waals surface area contributed by atoms with E-state index in [1.165, 1.54) is 0 Å². The summed E-state index contributed by atoms with van der Waals surface area (Å²) >= 11 is 0. The van der Waals surface area contributed by atoms with Crippen molar-refractivity contribution < 1.29 is 4.79 Å². The Hall–Kier alpha value is -1.01. The molecule has 0 aromatic carbocycles. The molecule has 0 aromatic heterocycles. The van der Waals surface area contributed by atoms with Gasteiger partial charge in [0, 0.05) is 0 Å². The van der Waals surface area contributed by atoms with E-state index in [2.05, 4.69) is 16.6 Å². The molecule has 3 nitrogen and oxygen atoms in total. The molecule has 0 atom stereocenters. The molecule has 0 spiro atoms. The van der Waals surface area contributed by atoms with Crippen molar-refractivity contribution in [3.63, 3.8) is 0 Å². The highest BCUT2D eigenvalue weighted by Gasteiger charge is 1.93. The first-order valence-corrected chi connectivity index (χ1v) is 2.66. The van der Waals surface area contributed by atoms with E-state index in [0.29, 0.717) is 13.1 Å². The molecule has 0 aliphatic heterocycles. The number of likely N-dealkylation sites (N-methyl/N-ethyl adjacent to an activating group) is 1. The summed E-state index contributed by atoms with van der Waals surface area (Å²) in [5.41, 5.74) is 0. The van der Waals surface area contributed by atoms with Crippen LogP contribution in [0.4, 0.5) is 0 Å². The molecule has 0 aromatic rings. The zero-order valence-corrected chi connectivity index (χ0v) is 5.40. The van der Waals surface area contributed by atoms with Crippen LogP contribution in [0.1, 0.15) is 0 Å². The van der Waals surface area contributed by atoms with Gasteiger partial charge in [0.25, 0.3) is 0 Å². The molecule has 0 fully saturated rings. The third-order valence-electron chi connectivity index (χ3n) is 0.725. The number of carbonyl (C=O) groups excluding carboxylic acids is 1. The number of hydrogen-bond donors (Lipinski definition) is 2. The van der Waals surface area contributed by atoms with E-state index in [1.807, 2.05) is 0 Å². The summed E-state index contributed by atoms with van der Waals surface area (Å²) in [4.78, 5) is 10.5. The highest BCUT2D eigenvalue weighted by molar-refractivity contribution is 5.78. The number of terminal acetylenes is 1. The lowest BCUT2D eigenvalue weighted by atomic mass is 10.5. The Kier molecular flexibility index (Phi) is 4.56. The predicted molar refractivity (Wildman–Crippen MR) is 35.8 cm³/mol. The van der Waals surface area contributed by atoms with Crippen molar-refractivity contribution in [3.05, 3.63) is 0 Å². The molecule has 9 heavy (non-hydrogen) atoms. The van der Waals surface area contributed by atoms with Gasteiger partial charge in [0.05, 0.1) is 13.1 Å². The minimum atomic E-state index is -0.0737. The fourth-order valence-corrected chi connectivity index (χ4v) is 0.373. The lowest BCUT2D eigenvalue weighted by Crippen LogP contribution is -2.32. The molecule has 0 heterocycles. The van der Waals surface area contributed by atoms with Gasteiger partial charge in [0.15, 0.2) is 0 Å². The molecule has 50 valence electrons. The molecule has 0 aliphatic carbocycles. The van der Waals surface area contributed by atoms with E-state index in [1.54, 1.807) is 7.05 Å². The van der Waals surface area contributed by atoms with Crippen LogP contribution in [0.25, 0.3) is 0 Å². The molecule has 0 bridgehead atoms. The maximum atomic E-state index is 10.5. The first-order chi connectivity index (χ1) is 4.31. The second kappa shape index (κ2) is 5.13. The molecule has 0 aliphatic rings. The minimum absolute atomic E-state index is 0.0737. The summed E-state index contributed by atoms with van der Waals surface area (Å²) < 4.78 is 0. The van der Waals surface area contributed by atoms with Gasteiger partial charge in [-0.2, -0.15) is 0 Å². The summed E-state index contributed by atoms with van der Waals surface area (Å²) in [5, 5.41) is 5.19. The third-order valence-corrected chi connectivity index (χ3v) is 0.725. The number of amides is 1. The van der Waals surface area contributed by atoms with Gasteiger partial charge in [-0.1, -0.05) is 5.92 Å². The van der Waals surface area contributed by atoms with Crippen LogP contribution in [-0.4, -0.2) is 26.0 Å². The van der Waals surface area contributed by atoms with Gasteiger partial charge >= 0.3 is 0 Å². The molecule has 2 N–H and O–H groups in total. The quantitative estimate of drug-likeness (QED) is 0.474. The van der Waals surface area contributed by atoms with E-state index < -0.39 is 0 Å². The normalized spacial score (nSPS) is 8.00. The van der Waals surface area contributed by atoms with Crippen LogP contribution < -0.4 is 10.6 Å². The molecule has 0 saturated carbocycles. The third kappa shape index (κ3) is 4.85. The monoisotopic (exact) mass is 126 g/mol. The van der Waals surface area contributed by atoms with E-state index in [9.17, 15) is 4.79 Å². The average molecular weight is 126 g/mol. The molecule has 0 unspecified atom stereocenters. The maximum absolute atomic E-state index is 10.5. The van der Waals surface area contributed by atoms with Crippen LogP contribution >= 0.6 is 0 Å². The molecule has 1 amide bonds. The predicted octanol–water partition coefficient (Wildman–Crippen LogP) is -1.04. The van der Waals surface area contributed by atoms with Crippen LogP contribution in [0.2, 0.25) is 0 Å². The topological polar surface area (TPSA) is 41.1 Å². The minimum Gasteiger partial charge on any atom is -0.344 e. The highest BCUT2D eigenvalue weighted by Crippen LogP contribution is 1.59. The summed E-state index contributed by atoms with van der Waals surface area (Å²) in [6, 6.07) is 0. The van der Waals surface area contributed by atoms with Crippen molar-refractivity contribution in [2.24, 2.45) is 0 Å². The zero-order chi connectivity index (χ0) is 7.11. The Morgan fingerprint density at radius 1 is 1.78 bits per heavy atom. The lowest BCUT2D eigenvalue weighted by Gasteiger charge is -1.97. The molecular weight excluding hydrogens is 116 g/mol. The Morgan fingerprint density at radius 3 is 2.89 bits per heavy atom. The van der Waals surface area contributed by atoms with Crippen molar-refractivity contribution in [2.45, 2.75) is 0 Å². The summed E-state index contributed by atoms with van der Waals surface area (Å²) in [7, 11) is 1.70. The fraction of sp³-hybridized carbons (Fsp3) is 0.500. The largest absolute Gasteiger partial charge is 0.344 e. The van der Waals surface area contributed by atoms with Gasteiger partial charge in [0.1, 0.15) is 0 Å². The average Bonchev–Trinajstić information content (AvgIpc) is 1.85.